The molecule has 1 aliphatic heterocycles. The molecule has 27 heavy (non-hydrogen) atoms. The van der Waals surface area contributed by atoms with Gasteiger partial charge in [-0.2, -0.15) is 15.6 Å². The van der Waals surface area contributed by atoms with Crippen LogP contribution in [0, 0.1) is 0 Å². The maximum absolute atomic E-state index is 12.6. The Hall–Kier alpha value is -1.74. The topological polar surface area (TPSA) is 62.1 Å². The molecule has 146 valence electrons. The maximum atomic E-state index is 12.6. The van der Waals surface area contributed by atoms with Gasteiger partial charge in [0.25, 0.3) is 5.91 Å². The van der Waals surface area contributed by atoms with Crippen molar-refractivity contribution in [2.75, 3.05) is 39.8 Å². The molecular formula is C19H26N3O3S2+. The van der Waals surface area contributed by atoms with Crippen LogP contribution in [0.5, 0.6) is 0 Å². The number of carbonyl (C=O) groups is 1. The van der Waals surface area contributed by atoms with Gasteiger partial charge in [0.15, 0.2) is 6.54 Å². The normalized spacial score (nSPS) is 17.0. The van der Waals surface area contributed by atoms with E-state index in [-0.39, 0.29) is 11.7 Å². The summed E-state index contributed by atoms with van der Waals surface area (Å²) < 4.78 is 26.7. The fourth-order valence-electron chi connectivity index (χ4n) is 3.27. The first-order chi connectivity index (χ1) is 12.9. The Balaban J connectivity index is 1.48. The number of amides is 1. The second-order valence-electron chi connectivity index (χ2n) is 6.96. The molecule has 1 N–H and O–H groups in total. The molecular weight excluding hydrogens is 382 g/mol. The number of thiophene rings is 1. The van der Waals surface area contributed by atoms with E-state index in [9.17, 15) is 13.2 Å². The zero-order valence-corrected chi connectivity index (χ0v) is 17.1. The van der Waals surface area contributed by atoms with Crippen molar-refractivity contribution >= 4 is 27.3 Å². The molecule has 1 unspecified atom stereocenters. The summed E-state index contributed by atoms with van der Waals surface area (Å²) in [6.45, 7) is 2.89. The van der Waals surface area contributed by atoms with E-state index in [1.54, 1.807) is 16.2 Å². The summed E-state index contributed by atoms with van der Waals surface area (Å²) in [5.74, 6) is 0.0952. The Morgan fingerprint density at radius 2 is 1.78 bits per heavy atom. The molecule has 3 rings (SSSR count). The Morgan fingerprint density at radius 1 is 1.07 bits per heavy atom. The van der Waals surface area contributed by atoms with Gasteiger partial charge in [-0.25, -0.2) is 8.42 Å². The van der Waals surface area contributed by atoms with Crippen LogP contribution in [0.4, 0.5) is 0 Å². The van der Waals surface area contributed by atoms with Gasteiger partial charge in [0.05, 0.1) is 12.8 Å². The van der Waals surface area contributed by atoms with Gasteiger partial charge in [-0.05, 0) is 22.4 Å². The van der Waals surface area contributed by atoms with Crippen molar-refractivity contribution in [2.24, 2.45) is 0 Å². The number of rotatable bonds is 7. The lowest BCUT2D eigenvalue weighted by atomic mass is 10.2. The number of piperazine rings is 1. The zero-order chi connectivity index (χ0) is 19.3. The van der Waals surface area contributed by atoms with E-state index in [0.29, 0.717) is 32.7 Å². The predicted molar refractivity (Wildman–Crippen MR) is 107 cm³/mol. The fraction of sp³-hybridized carbons (Fsp3) is 0.421. The van der Waals surface area contributed by atoms with E-state index in [2.05, 4.69) is 11.4 Å². The smallest absolute Gasteiger partial charge is 0.277 e. The molecule has 2 heterocycles. The van der Waals surface area contributed by atoms with Crippen molar-refractivity contribution in [1.29, 1.82) is 0 Å². The number of hydrogen-bond acceptors (Lipinski definition) is 4. The monoisotopic (exact) mass is 408 g/mol. The number of nitrogens with zero attached hydrogens (tertiary/aromatic N) is 2. The average molecular weight is 409 g/mol. The van der Waals surface area contributed by atoms with E-state index < -0.39 is 10.0 Å². The molecule has 0 saturated carbocycles. The largest absolute Gasteiger partial charge is 0.335 e. The quantitative estimate of drug-likeness (QED) is 0.723. The summed E-state index contributed by atoms with van der Waals surface area (Å²) in [5.41, 5.74) is 2.02. The number of quaternary nitrogens is 1. The van der Waals surface area contributed by atoms with Crippen LogP contribution in [0.15, 0.2) is 47.2 Å². The van der Waals surface area contributed by atoms with Crippen LogP contribution in [0.2, 0.25) is 0 Å². The standard InChI is InChI=1S/C19H25N3O3S2/c1-20(13-18-7-12-26-15-18)14-19(23)21-8-10-22(11-9-21)27(24,25)16-17-5-3-2-4-6-17/h2-7,12,15H,8-11,13-14,16H2,1H3/p+1. The number of hydrogen-bond donors (Lipinski definition) is 1. The van der Waals surface area contributed by atoms with Crippen molar-refractivity contribution in [3.63, 3.8) is 0 Å². The van der Waals surface area contributed by atoms with E-state index >= 15 is 0 Å². The van der Waals surface area contributed by atoms with Crippen LogP contribution in [0.1, 0.15) is 11.1 Å². The molecule has 1 amide bonds. The molecule has 1 atom stereocenters. The average Bonchev–Trinajstić information content (AvgIpc) is 3.15. The van der Waals surface area contributed by atoms with Crippen molar-refractivity contribution in [3.05, 3.63) is 58.3 Å². The SMILES string of the molecule is C[NH+](CC(=O)N1CCN(S(=O)(=O)Cc2ccccc2)CC1)Cc1ccsc1. The van der Waals surface area contributed by atoms with Gasteiger partial charge in [0, 0.05) is 31.7 Å². The molecule has 2 aromatic rings. The van der Waals surface area contributed by atoms with Gasteiger partial charge in [0.2, 0.25) is 10.0 Å². The number of sulfonamides is 1. The number of benzene rings is 1. The highest BCUT2D eigenvalue weighted by Crippen LogP contribution is 2.13. The fourth-order valence-corrected chi connectivity index (χ4v) is 5.45. The van der Waals surface area contributed by atoms with Gasteiger partial charge in [0.1, 0.15) is 6.54 Å². The second-order valence-corrected chi connectivity index (χ2v) is 9.71. The lowest BCUT2D eigenvalue weighted by molar-refractivity contribution is -0.885. The van der Waals surface area contributed by atoms with E-state index in [1.165, 1.54) is 9.87 Å². The van der Waals surface area contributed by atoms with Crippen molar-refractivity contribution < 1.29 is 18.1 Å². The van der Waals surface area contributed by atoms with Crippen LogP contribution < -0.4 is 4.90 Å². The molecule has 0 bridgehead atoms. The third-order valence-corrected chi connectivity index (χ3v) is 7.30. The first-order valence-corrected chi connectivity index (χ1v) is 11.6. The summed E-state index contributed by atoms with van der Waals surface area (Å²) in [7, 11) is -1.34. The number of nitrogens with one attached hydrogen (secondary N) is 1. The summed E-state index contributed by atoms with van der Waals surface area (Å²) in [6, 6.07) is 11.3. The highest BCUT2D eigenvalue weighted by atomic mass is 32.2. The van der Waals surface area contributed by atoms with Crippen molar-refractivity contribution in [2.45, 2.75) is 12.3 Å². The van der Waals surface area contributed by atoms with Crippen molar-refractivity contribution in [3.8, 4) is 0 Å². The summed E-state index contributed by atoms with van der Waals surface area (Å²) >= 11 is 1.66. The van der Waals surface area contributed by atoms with Crippen LogP contribution in [-0.4, -0.2) is 63.3 Å². The Kier molecular flexibility index (Phi) is 6.64. The van der Waals surface area contributed by atoms with Crippen molar-refractivity contribution in [1.82, 2.24) is 9.21 Å². The summed E-state index contributed by atoms with van der Waals surface area (Å²) in [4.78, 5) is 15.4. The minimum atomic E-state index is -3.35. The van der Waals surface area contributed by atoms with Crippen LogP contribution in [-0.2, 0) is 27.1 Å². The van der Waals surface area contributed by atoms with Gasteiger partial charge < -0.3 is 9.80 Å². The van der Waals surface area contributed by atoms with E-state index in [4.69, 9.17) is 0 Å². The highest BCUT2D eigenvalue weighted by molar-refractivity contribution is 7.88. The number of likely N-dealkylation sites (N-methyl/N-ethyl adjacent to an activating group) is 1. The Labute approximate surface area is 165 Å². The minimum Gasteiger partial charge on any atom is -0.335 e. The molecule has 0 radical (unpaired) electrons. The Bertz CT molecular complexity index is 830. The van der Waals surface area contributed by atoms with Crippen LogP contribution in [0.25, 0.3) is 0 Å². The summed E-state index contributed by atoms with van der Waals surface area (Å²) in [5, 5.41) is 4.14. The van der Waals surface area contributed by atoms with E-state index in [0.717, 1.165) is 17.0 Å². The third kappa shape index (κ3) is 5.62. The van der Waals surface area contributed by atoms with Gasteiger partial charge in [-0.3, -0.25) is 4.79 Å². The molecule has 1 aromatic carbocycles. The molecule has 6 nitrogen and oxygen atoms in total. The lowest BCUT2D eigenvalue weighted by Gasteiger charge is -2.34. The van der Waals surface area contributed by atoms with Crippen LogP contribution in [0.3, 0.4) is 0 Å². The first-order valence-electron chi connectivity index (χ1n) is 9.06. The van der Waals surface area contributed by atoms with Gasteiger partial charge in [-0.1, -0.05) is 30.3 Å². The minimum absolute atomic E-state index is 0.00924. The third-order valence-electron chi connectivity index (χ3n) is 4.72. The summed E-state index contributed by atoms with van der Waals surface area (Å²) in [6.07, 6.45) is 0. The molecule has 1 fully saturated rings. The second kappa shape index (κ2) is 8.97. The lowest BCUT2D eigenvalue weighted by Crippen LogP contribution is -3.08. The molecule has 0 aliphatic carbocycles. The predicted octanol–water partition coefficient (Wildman–Crippen LogP) is 0.437. The number of carbonyl (C=O) groups excluding carboxylic acids is 1. The Morgan fingerprint density at radius 3 is 2.41 bits per heavy atom. The van der Waals surface area contributed by atoms with E-state index in [1.807, 2.05) is 42.8 Å². The molecule has 0 spiro atoms. The highest BCUT2D eigenvalue weighted by Gasteiger charge is 2.29. The maximum Gasteiger partial charge on any atom is 0.277 e. The molecule has 1 aliphatic rings. The molecule has 1 aromatic heterocycles. The molecule has 1 saturated heterocycles. The van der Waals surface area contributed by atoms with Crippen LogP contribution >= 0.6 is 11.3 Å². The van der Waals surface area contributed by atoms with Gasteiger partial charge >= 0.3 is 0 Å². The first kappa shape index (κ1) is 20.0. The van der Waals surface area contributed by atoms with Gasteiger partial charge in [-0.15, -0.1) is 0 Å². The zero-order valence-electron chi connectivity index (χ0n) is 15.5. The molecule has 8 heteroatoms.